The maximum atomic E-state index is 6.24. The van der Waals surface area contributed by atoms with Gasteiger partial charge in [0.2, 0.25) is 0 Å². The standard InChI is InChI=1S/C19H16ClIN2/c1-13-5-7-16(11-18(13)20)23-9-3-4-17(23)12-22-15-6-8-19(21)14(2)10-15/h3-12H,1-2H3. The lowest BCUT2D eigenvalue weighted by Crippen LogP contribution is -1.98. The van der Waals surface area contributed by atoms with E-state index in [1.54, 1.807) is 0 Å². The molecular weight excluding hydrogens is 419 g/mol. The molecule has 1 aromatic heterocycles. The van der Waals surface area contributed by atoms with Gasteiger partial charge >= 0.3 is 0 Å². The maximum absolute atomic E-state index is 6.24. The van der Waals surface area contributed by atoms with Crippen molar-refractivity contribution in [1.82, 2.24) is 4.57 Å². The highest BCUT2D eigenvalue weighted by atomic mass is 127. The largest absolute Gasteiger partial charge is 0.316 e. The van der Waals surface area contributed by atoms with Crippen molar-refractivity contribution in [2.75, 3.05) is 0 Å². The van der Waals surface area contributed by atoms with E-state index in [9.17, 15) is 0 Å². The smallest absolute Gasteiger partial charge is 0.0639 e. The Morgan fingerprint density at radius 2 is 1.87 bits per heavy atom. The molecule has 0 atom stereocenters. The summed E-state index contributed by atoms with van der Waals surface area (Å²) in [7, 11) is 0. The van der Waals surface area contributed by atoms with Crippen LogP contribution in [0.3, 0.4) is 0 Å². The average molecular weight is 435 g/mol. The highest BCUT2D eigenvalue weighted by Crippen LogP contribution is 2.22. The molecule has 2 nitrogen and oxygen atoms in total. The molecule has 1 heterocycles. The Balaban J connectivity index is 1.92. The van der Waals surface area contributed by atoms with E-state index in [1.807, 2.05) is 49.7 Å². The summed E-state index contributed by atoms with van der Waals surface area (Å²) in [4.78, 5) is 4.59. The van der Waals surface area contributed by atoms with Crippen LogP contribution in [-0.4, -0.2) is 10.8 Å². The number of rotatable bonds is 3. The molecule has 0 saturated carbocycles. The summed E-state index contributed by atoms with van der Waals surface area (Å²) in [5, 5.41) is 0.771. The van der Waals surface area contributed by atoms with E-state index in [1.165, 1.54) is 9.13 Å². The number of nitrogens with zero attached hydrogens (tertiary/aromatic N) is 2. The van der Waals surface area contributed by atoms with E-state index in [0.717, 1.165) is 27.7 Å². The van der Waals surface area contributed by atoms with Crippen LogP contribution < -0.4 is 0 Å². The summed E-state index contributed by atoms with van der Waals surface area (Å²) in [6.07, 6.45) is 3.90. The summed E-state index contributed by atoms with van der Waals surface area (Å²) in [5.41, 5.74) is 5.32. The van der Waals surface area contributed by atoms with Crippen molar-refractivity contribution in [2.24, 2.45) is 4.99 Å². The van der Waals surface area contributed by atoms with Gasteiger partial charge in [-0.15, -0.1) is 0 Å². The highest BCUT2D eigenvalue weighted by molar-refractivity contribution is 14.1. The van der Waals surface area contributed by atoms with Gasteiger partial charge in [0, 0.05) is 20.5 Å². The summed E-state index contributed by atoms with van der Waals surface area (Å²) in [6.45, 7) is 4.10. The van der Waals surface area contributed by atoms with Gasteiger partial charge in [-0.2, -0.15) is 0 Å². The van der Waals surface area contributed by atoms with Crippen LogP contribution in [0.15, 0.2) is 59.7 Å². The predicted octanol–water partition coefficient (Wildman–Crippen LogP) is 6.10. The molecule has 0 bridgehead atoms. The Morgan fingerprint density at radius 1 is 1.04 bits per heavy atom. The molecule has 0 saturated heterocycles. The Kier molecular flexibility index (Phi) is 4.87. The number of benzene rings is 2. The van der Waals surface area contributed by atoms with E-state index >= 15 is 0 Å². The monoisotopic (exact) mass is 434 g/mol. The second kappa shape index (κ2) is 6.89. The van der Waals surface area contributed by atoms with Crippen molar-refractivity contribution in [3.05, 3.63) is 80.1 Å². The van der Waals surface area contributed by atoms with Crippen molar-refractivity contribution in [3.63, 3.8) is 0 Å². The molecule has 3 rings (SSSR count). The molecule has 23 heavy (non-hydrogen) atoms. The molecule has 0 radical (unpaired) electrons. The summed E-state index contributed by atoms with van der Waals surface area (Å²) >= 11 is 8.57. The second-order valence-electron chi connectivity index (χ2n) is 5.43. The second-order valence-corrected chi connectivity index (χ2v) is 7.00. The summed E-state index contributed by atoms with van der Waals surface area (Å²) < 4.78 is 3.33. The Bertz CT molecular complexity index is 881. The van der Waals surface area contributed by atoms with Crippen LogP contribution in [-0.2, 0) is 0 Å². The molecular formula is C19H16ClIN2. The molecule has 4 heteroatoms. The maximum Gasteiger partial charge on any atom is 0.0639 e. The first-order valence-electron chi connectivity index (χ1n) is 7.29. The third kappa shape index (κ3) is 3.67. The van der Waals surface area contributed by atoms with E-state index in [0.29, 0.717) is 0 Å². The van der Waals surface area contributed by atoms with Gasteiger partial charge in [-0.3, -0.25) is 4.99 Å². The van der Waals surface area contributed by atoms with Crippen LogP contribution in [0.2, 0.25) is 5.02 Å². The molecule has 0 aliphatic carbocycles. The van der Waals surface area contributed by atoms with Crippen LogP contribution in [0, 0.1) is 17.4 Å². The van der Waals surface area contributed by atoms with Crippen molar-refractivity contribution >= 4 is 46.1 Å². The van der Waals surface area contributed by atoms with Gasteiger partial charge in [-0.05, 0) is 90.0 Å². The zero-order chi connectivity index (χ0) is 16.4. The number of hydrogen-bond donors (Lipinski definition) is 0. The van der Waals surface area contributed by atoms with Crippen molar-refractivity contribution in [3.8, 4) is 5.69 Å². The van der Waals surface area contributed by atoms with Crippen LogP contribution >= 0.6 is 34.2 Å². The third-order valence-electron chi connectivity index (χ3n) is 3.70. The average Bonchev–Trinajstić information content (AvgIpc) is 3.00. The zero-order valence-electron chi connectivity index (χ0n) is 12.9. The quantitative estimate of drug-likeness (QED) is 0.350. The van der Waals surface area contributed by atoms with Crippen molar-refractivity contribution in [2.45, 2.75) is 13.8 Å². The van der Waals surface area contributed by atoms with E-state index < -0.39 is 0 Å². The van der Waals surface area contributed by atoms with Gasteiger partial charge in [0.15, 0.2) is 0 Å². The zero-order valence-corrected chi connectivity index (χ0v) is 15.8. The van der Waals surface area contributed by atoms with Gasteiger partial charge in [-0.1, -0.05) is 17.7 Å². The normalized spacial score (nSPS) is 11.3. The van der Waals surface area contributed by atoms with E-state index in [-0.39, 0.29) is 0 Å². The Morgan fingerprint density at radius 3 is 2.61 bits per heavy atom. The Labute approximate surface area is 155 Å². The molecule has 116 valence electrons. The number of hydrogen-bond acceptors (Lipinski definition) is 1. The lowest BCUT2D eigenvalue weighted by atomic mass is 10.2. The van der Waals surface area contributed by atoms with Crippen molar-refractivity contribution in [1.29, 1.82) is 0 Å². The first-order chi connectivity index (χ1) is 11.0. The van der Waals surface area contributed by atoms with Crippen LogP contribution in [0.5, 0.6) is 0 Å². The van der Waals surface area contributed by atoms with Crippen LogP contribution in [0.1, 0.15) is 16.8 Å². The van der Waals surface area contributed by atoms with Crippen LogP contribution in [0.25, 0.3) is 5.69 Å². The fraction of sp³-hybridized carbons (Fsp3) is 0.105. The fourth-order valence-corrected chi connectivity index (χ4v) is 2.83. The number of aromatic nitrogens is 1. The fourth-order valence-electron chi connectivity index (χ4n) is 2.32. The lowest BCUT2D eigenvalue weighted by Gasteiger charge is -2.08. The minimum atomic E-state index is 0.771. The molecule has 0 spiro atoms. The molecule has 0 amide bonds. The number of aryl methyl sites for hydroxylation is 2. The molecule has 0 fully saturated rings. The lowest BCUT2D eigenvalue weighted by molar-refractivity contribution is 1.06. The van der Waals surface area contributed by atoms with Gasteiger partial charge < -0.3 is 4.57 Å². The SMILES string of the molecule is Cc1ccc(-n2cccc2C=Nc2ccc(I)c(C)c2)cc1Cl. The molecule has 3 aromatic rings. The topological polar surface area (TPSA) is 17.3 Å². The molecule has 0 N–H and O–H groups in total. The number of halogens is 2. The first kappa shape index (κ1) is 16.3. The molecule has 0 unspecified atom stereocenters. The van der Waals surface area contributed by atoms with Crippen molar-refractivity contribution < 1.29 is 0 Å². The van der Waals surface area contributed by atoms with Gasteiger partial charge in [-0.25, -0.2) is 0 Å². The summed E-state index contributed by atoms with van der Waals surface area (Å²) in [5.74, 6) is 0. The first-order valence-corrected chi connectivity index (χ1v) is 8.74. The third-order valence-corrected chi connectivity index (χ3v) is 5.32. The Hall–Kier alpha value is -1.59. The van der Waals surface area contributed by atoms with Crippen LogP contribution in [0.4, 0.5) is 5.69 Å². The predicted molar refractivity (Wildman–Crippen MR) is 107 cm³/mol. The van der Waals surface area contributed by atoms with Gasteiger partial charge in [0.25, 0.3) is 0 Å². The summed E-state index contributed by atoms with van der Waals surface area (Å²) in [6, 6.07) is 16.3. The number of aliphatic imine (C=N–C) groups is 1. The molecule has 0 aliphatic heterocycles. The van der Waals surface area contributed by atoms with E-state index in [4.69, 9.17) is 11.6 Å². The molecule has 2 aromatic carbocycles. The minimum absolute atomic E-state index is 0.771. The highest BCUT2D eigenvalue weighted by Gasteiger charge is 2.04. The van der Waals surface area contributed by atoms with E-state index in [2.05, 4.69) is 57.3 Å². The van der Waals surface area contributed by atoms with Gasteiger partial charge in [0.1, 0.15) is 0 Å². The molecule has 0 aliphatic rings. The minimum Gasteiger partial charge on any atom is -0.316 e. The van der Waals surface area contributed by atoms with Gasteiger partial charge in [0.05, 0.1) is 17.6 Å².